The van der Waals surface area contributed by atoms with Gasteiger partial charge in [-0.25, -0.2) is 0 Å². The van der Waals surface area contributed by atoms with E-state index >= 15 is 0 Å². The van der Waals surface area contributed by atoms with Crippen LogP contribution in [0.25, 0.3) is 0 Å². The van der Waals surface area contributed by atoms with Crippen LogP contribution in [0.1, 0.15) is 30.0 Å². The number of hydrogen-bond donors (Lipinski definition) is 3. The minimum atomic E-state index is -0.275. The molecule has 1 rings (SSSR count). The van der Waals surface area contributed by atoms with E-state index in [1.165, 1.54) is 0 Å². The molecule has 6 heteroatoms. The molecule has 4 N–H and O–H groups in total. The van der Waals surface area contributed by atoms with Crippen molar-refractivity contribution in [2.45, 2.75) is 26.8 Å². The summed E-state index contributed by atoms with van der Waals surface area (Å²) in [6.45, 7) is 6.27. The SMILES string of the molecule is COCC(NC(=O)c1n[nH]c(C)c1N)C(C)C. The Morgan fingerprint density at radius 1 is 1.59 bits per heavy atom. The largest absolute Gasteiger partial charge is 0.395 e. The number of nitrogens with zero attached hydrogens (tertiary/aromatic N) is 1. The molecule has 1 atom stereocenters. The number of carbonyl (C=O) groups is 1. The van der Waals surface area contributed by atoms with Gasteiger partial charge in [-0.05, 0) is 12.8 Å². The number of amides is 1. The molecule has 0 aromatic carbocycles. The highest BCUT2D eigenvalue weighted by atomic mass is 16.5. The summed E-state index contributed by atoms with van der Waals surface area (Å²) in [6.07, 6.45) is 0. The average Bonchev–Trinajstić information content (AvgIpc) is 2.59. The zero-order valence-electron chi connectivity index (χ0n) is 10.7. The number of aromatic amines is 1. The van der Waals surface area contributed by atoms with Crippen molar-refractivity contribution in [1.29, 1.82) is 0 Å². The molecule has 0 saturated heterocycles. The first-order chi connectivity index (χ1) is 7.97. The van der Waals surface area contributed by atoms with E-state index in [0.717, 1.165) is 0 Å². The lowest BCUT2D eigenvalue weighted by Gasteiger charge is -2.21. The smallest absolute Gasteiger partial charge is 0.274 e. The van der Waals surface area contributed by atoms with Crippen molar-refractivity contribution in [3.8, 4) is 0 Å². The fourth-order valence-corrected chi connectivity index (χ4v) is 1.43. The number of nitrogen functional groups attached to an aromatic ring is 1. The predicted octanol–water partition coefficient (Wildman–Crippen LogP) is 0.701. The summed E-state index contributed by atoms with van der Waals surface area (Å²) in [5, 5.41) is 9.43. The molecule has 1 aromatic heterocycles. The van der Waals surface area contributed by atoms with Gasteiger partial charge in [0.25, 0.3) is 5.91 Å². The van der Waals surface area contributed by atoms with Crippen LogP contribution >= 0.6 is 0 Å². The summed E-state index contributed by atoms with van der Waals surface area (Å²) in [4.78, 5) is 11.9. The maximum atomic E-state index is 11.9. The maximum Gasteiger partial charge on any atom is 0.274 e. The summed E-state index contributed by atoms with van der Waals surface area (Å²) in [5.74, 6) is 0.00256. The Morgan fingerprint density at radius 3 is 2.65 bits per heavy atom. The lowest BCUT2D eigenvalue weighted by atomic mass is 10.1. The van der Waals surface area contributed by atoms with Gasteiger partial charge in [0, 0.05) is 7.11 Å². The monoisotopic (exact) mass is 240 g/mol. The molecule has 0 radical (unpaired) electrons. The van der Waals surface area contributed by atoms with E-state index in [2.05, 4.69) is 15.5 Å². The van der Waals surface area contributed by atoms with Gasteiger partial charge in [-0.2, -0.15) is 5.10 Å². The number of ether oxygens (including phenoxy) is 1. The minimum absolute atomic E-state index is 0.0519. The highest BCUT2D eigenvalue weighted by Gasteiger charge is 2.21. The van der Waals surface area contributed by atoms with Crippen LogP contribution in [-0.4, -0.2) is 35.9 Å². The van der Waals surface area contributed by atoms with Gasteiger partial charge in [0.2, 0.25) is 0 Å². The molecule has 0 bridgehead atoms. The third-order valence-electron chi connectivity index (χ3n) is 2.68. The average molecular weight is 240 g/mol. The van der Waals surface area contributed by atoms with Crippen molar-refractivity contribution < 1.29 is 9.53 Å². The number of carbonyl (C=O) groups excluding carboxylic acids is 1. The molecule has 0 aliphatic carbocycles. The molecule has 1 heterocycles. The summed E-state index contributed by atoms with van der Waals surface area (Å²) in [6, 6.07) is -0.0519. The first-order valence-electron chi connectivity index (χ1n) is 5.57. The number of aryl methyl sites for hydroxylation is 1. The molecule has 0 saturated carbocycles. The molecule has 6 nitrogen and oxygen atoms in total. The second-order valence-corrected chi connectivity index (χ2v) is 4.39. The van der Waals surface area contributed by atoms with E-state index in [-0.39, 0.29) is 23.6 Å². The van der Waals surface area contributed by atoms with Crippen LogP contribution in [0.3, 0.4) is 0 Å². The molecule has 0 spiro atoms. The Kier molecular flexibility index (Phi) is 4.51. The topological polar surface area (TPSA) is 93.0 Å². The van der Waals surface area contributed by atoms with E-state index in [9.17, 15) is 4.79 Å². The highest BCUT2D eigenvalue weighted by Crippen LogP contribution is 2.13. The third kappa shape index (κ3) is 3.20. The zero-order valence-corrected chi connectivity index (χ0v) is 10.7. The molecule has 0 fully saturated rings. The third-order valence-corrected chi connectivity index (χ3v) is 2.68. The van der Waals surface area contributed by atoms with Gasteiger partial charge in [-0.3, -0.25) is 9.89 Å². The highest BCUT2D eigenvalue weighted by molar-refractivity contribution is 5.97. The second kappa shape index (κ2) is 5.67. The van der Waals surface area contributed by atoms with E-state index in [1.54, 1.807) is 14.0 Å². The van der Waals surface area contributed by atoms with Gasteiger partial charge in [-0.15, -0.1) is 0 Å². The molecular weight excluding hydrogens is 220 g/mol. The Labute approximate surface area is 101 Å². The van der Waals surface area contributed by atoms with Gasteiger partial charge in [-0.1, -0.05) is 13.8 Å². The normalized spacial score (nSPS) is 12.8. The Hall–Kier alpha value is -1.56. The van der Waals surface area contributed by atoms with Crippen LogP contribution < -0.4 is 11.1 Å². The van der Waals surface area contributed by atoms with Gasteiger partial charge < -0.3 is 15.8 Å². The van der Waals surface area contributed by atoms with Crippen molar-refractivity contribution in [3.05, 3.63) is 11.4 Å². The van der Waals surface area contributed by atoms with Crippen molar-refractivity contribution in [1.82, 2.24) is 15.5 Å². The summed E-state index contributed by atoms with van der Waals surface area (Å²) in [7, 11) is 1.61. The molecule has 96 valence electrons. The van der Waals surface area contributed by atoms with E-state index in [4.69, 9.17) is 10.5 Å². The molecule has 17 heavy (non-hydrogen) atoms. The minimum Gasteiger partial charge on any atom is -0.395 e. The number of hydrogen-bond acceptors (Lipinski definition) is 4. The first kappa shape index (κ1) is 13.5. The standard InChI is InChI=1S/C11H20N4O2/c1-6(2)8(5-17-4)13-11(16)10-9(12)7(3)14-15-10/h6,8H,5,12H2,1-4H3,(H,13,16)(H,14,15). The van der Waals surface area contributed by atoms with Crippen LogP contribution in [0.5, 0.6) is 0 Å². The molecule has 0 aliphatic rings. The van der Waals surface area contributed by atoms with Crippen molar-refractivity contribution in [2.75, 3.05) is 19.5 Å². The Bertz CT molecular complexity index is 387. The van der Waals surface area contributed by atoms with Crippen LogP contribution in [0.2, 0.25) is 0 Å². The summed E-state index contributed by atoms with van der Waals surface area (Å²) >= 11 is 0. The zero-order chi connectivity index (χ0) is 13.0. The fourth-order valence-electron chi connectivity index (χ4n) is 1.43. The van der Waals surface area contributed by atoms with Crippen LogP contribution in [0.4, 0.5) is 5.69 Å². The van der Waals surface area contributed by atoms with Crippen LogP contribution in [-0.2, 0) is 4.74 Å². The predicted molar refractivity (Wildman–Crippen MR) is 65.7 cm³/mol. The van der Waals surface area contributed by atoms with Crippen LogP contribution in [0.15, 0.2) is 0 Å². The van der Waals surface area contributed by atoms with E-state index in [1.807, 2.05) is 13.8 Å². The molecule has 1 amide bonds. The molecule has 1 aromatic rings. The number of nitrogens with two attached hydrogens (primary N) is 1. The number of H-pyrrole nitrogens is 1. The van der Waals surface area contributed by atoms with Gasteiger partial charge >= 0.3 is 0 Å². The molecule has 1 unspecified atom stereocenters. The molecular formula is C11H20N4O2. The fraction of sp³-hybridized carbons (Fsp3) is 0.636. The van der Waals surface area contributed by atoms with Crippen molar-refractivity contribution in [3.63, 3.8) is 0 Å². The lowest BCUT2D eigenvalue weighted by Crippen LogP contribution is -2.42. The molecule has 0 aliphatic heterocycles. The Morgan fingerprint density at radius 2 is 2.24 bits per heavy atom. The van der Waals surface area contributed by atoms with Gasteiger partial charge in [0.15, 0.2) is 5.69 Å². The Balaban J connectivity index is 2.74. The maximum absolute atomic E-state index is 11.9. The lowest BCUT2D eigenvalue weighted by molar-refractivity contribution is 0.0862. The quantitative estimate of drug-likeness (QED) is 0.706. The number of rotatable bonds is 5. The number of anilines is 1. The number of nitrogens with one attached hydrogen (secondary N) is 2. The number of methoxy groups -OCH3 is 1. The summed E-state index contributed by atoms with van der Waals surface area (Å²) in [5.41, 5.74) is 7.07. The second-order valence-electron chi connectivity index (χ2n) is 4.39. The first-order valence-corrected chi connectivity index (χ1v) is 5.57. The van der Waals surface area contributed by atoms with E-state index < -0.39 is 0 Å². The van der Waals surface area contributed by atoms with Crippen LogP contribution in [0, 0.1) is 12.8 Å². The van der Waals surface area contributed by atoms with E-state index in [0.29, 0.717) is 18.0 Å². The van der Waals surface area contributed by atoms with Gasteiger partial charge in [0.1, 0.15) is 0 Å². The van der Waals surface area contributed by atoms with Crippen molar-refractivity contribution in [2.24, 2.45) is 5.92 Å². The number of aromatic nitrogens is 2. The van der Waals surface area contributed by atoms with Gasteiger partial charge in [0.05, 0.1) is 24.0 Å². The summed E-state index contributed by atoms with van der Waals surface area (Å²) < 4.78 is 5.06. The van der Waals surface area contributed by atoms with Crippen molar-refractivity contribution >= 4 is 11.6 Å².